The van der Waals surface area contributed by atoms with E-state index >= 15 is 0 Å². The number of carbonyl (C=O) groups is 1. The van der Waals surface area contributed by atoms with E-state index in [1.54, 1.807) is 24.3 Å². The monoisotopic (exact) mass is 300 g/mol. The quantitative estimate of drug-likeness (QED) is 0.765. The molecular weight excluding hydrogens is 288 g/mol. The Morgan fingerprint density at radius 2 is 2.05 bits per heavy atom. The molecule has 4 nitrogen and oxygen atoms in total. The number of nitrogens with one attached hydrogen (secondary N) is 2. The Morgan fingerprint density at radius 3 is 2.86 bits per heavy atom. The molecule has 0 radical (unpaired) electrons. The van der Waals surface area contributed by atoms with Gasteiger partial charge in [0.15, 0.2) is 0 Å². The lowest BCUT2D eigenvalue weighted by Crippen LogP contribution is -2.11. The lowest BCUT2D eigenvalue weighted by Gasteiger charge is -2.08. The number of benzene rings is 2. The van der Waals surface area contributed by atoms with E-state index in [1.807, 2.05) is 24.4 Å². The fraction of sp³-hybridized carbons (Fsp3) is 0.0625. The molecule has 106 valence electrons. The SMILES string of the molecule is COc1cc(NC(=O)c2ccc3cc[nH]c3c2)ccc1Cl. The maximum absolute atomic E-state index is 12.3. The number of fused-ring (bicyclic) bond motifs is 1. The molecule has 5 heteroatoms. The minimum absolute atomic E-state index is 0.184. The fourth-order valence-corrected chi connectivity index (χ4v) is 2.32. The van der Waals surface area contributed by atoms with E-state index in [2.05, 4.69) is 10.3 Å². The minimum atomic E-state index is -0.184. The molecule has 0 atom stereocenters. The lowest BCUT2D eigenvalue weighted by molar-refractivity contribution is 0.102. The molecule has 3 rings (SSSR count). The Kier molecular flexibility index (Phi) is 3.54. The Bertz CT molecular complexity index is 811. The molecule has 2 aromatic carbocycles. The third-order valence-electron chi connectivity index (χ3n) is 3.23. The highest BCUT2D eigenvalue weighted by Crippen LogP contribution is 2.27. The van der Waals surface area contributed by atoms with Crippen molar-refractivity contribution in [3.63, 3.8) is 0 Å². The standard InChI is InChI=1S/C16H13ClN2O2/c1-21-15-9-12(4-5-13(15)17)19-16(20)11-3-2-10-6-7-18-14(10)8-11/h2-9,18H,1H3,(H,19,20). The number of rotatable bonds is 3. The van der Waals surface area contributed by atoms with E-state index in [1.165, 1.54) is 7.11 Å². The molecule has 0 fully saturated rings. The van der Waals surface area contributed by atoms with Crippen molar-refractivity contribution in [2.24, 2.45) is 0 Å². The number of halogens is 1. The van der Waals surface area contributed by atoms with Gasteiger partial charge < -0.3 is 15.0 Å². The molecule has 0 bridgehead atoms. The van der Waals surface area contributed by atoms with Crippen molar-refractivity contribution >= 4 is 34.1 Å². The Balaban J connectivity index is 1.85. The molecule has 0 aliphatic carbocycles. The Labute approximate surface area is 126 Å². The van der Waals surface area contributed by atoms with E-state index in [9.17, 15) is 4.79 Å². The van der Waals surface area contributed by atoms with Gasteiger partial charge in [-0.3, -0.25) is 4.79 Å². The summed E-state index contributed by atoms with van der Waals surface area (Å²) in [5.74, 6) is 0.338. The zero-order valence-electron chi connectivity index (χ0n) is 11.3. The van der Waals surface area contributed by atoms with Gasteiger partial charge in [-0.15, -0.1) is 0 Å². The molecule has 0 saturated carbocycles. The van der Waals surface area contributed by atoms with Crippen LogP contribution in [0, 0.1) is 0 Å². The van der Waals surface area contributed by atoms with Crippen LogP contribution >= 0.6 is 11.6 Å². The summed E-state index contributed by atoms with van der Waals surface area (Å²) in [6.07, 6.45) is 1.84. The van der Waals surface area contributed by atoms with E-state index in [0.29, 0.717) is 22.0 Å². The van der Waals surface area contributed by atoms with Gasteiger partial charge in [-0.05, 0) is 35.7 Å². The van der Waals surface area contributed by atoms with Gasteiger partial charge in [0.25, 0.3) is 5.91 Å². The smallest absolute Gasteiger partial charge is 0.255 e. The number of anilines is 1. The number of H-pyrrole nitrogens is 1. The van der Waals surface area contributed by atoms with Crippen molar-refractivity contribution in [2.75, 3.05) is 12.4 Å². The van der Waals surface area contributed by atoms with Crippen molar-refractivity contribution in [2.45, 2.75) is 0 Å². The van der Waals surface area contributed by atoms with Crippen molar-refractivity contribution in [1.82, 2.24) is 4.98 Å². The summed E-state index contributed by atoms with van der Waals surface area (Å²) in [5, 5.41) is 4.40. The van der Waals surface area contributed by atoms with Crippen molar-refractivity contribution in [1.29, 1.82) is 0 Å². The summed E-state index contributed by atoms with van der Waals surface area (Å²) in [6, 6.07) is 12.6. The van der Waals surface area contributed by atoms with Crippen LogP contribution in [0.4, 0.5) is 5.69 Å². The second-order valence-corrected chi connectivity index (χ2v) is 4.99. The van der Waals surface area contributed by atoms with Crippen LogP contribution in [0.25, 0.3) is 10.9 Å². The van der Waals surface area contributed by atoms with E-state index < -0.39 is 0 Å². The van der Waals surface area contributed by atoms with E-state index in [4.69, 9.17) is 16.3 Å². The molecule has 0 aliphatic heterocycles. The van der Waals surface area contributed by atoms with E-state index in [0.717, 1.165) is 10.9 Å². The van der Waals surface area contributed by atoms with Gasteiger partial charge in [0.2, 0.25) is 0 Å². The zero-order valence-corrected chi connectivity index (χ0v) is 12.1. The van der Waals surface area contributed by atoms with Crippen LogP contribution in [-0.2, 0) is 0 Å². The largest absolute Gasteiger partial charge is 0.495 e. The highest BCUT2D eigenvalue weighted by Gasteiger charge is 2.09. The Morgan fingerprint density at radius 1 is 1.19 bits per heavy atom. The molecule has 2 N–H and O–H groups in total. The van der Waals surface area contributed by atoms with Gasteiger partial charge in [0.05, 0.1) is 12.1 Å². The van der Waals surface area contributed by atoms with Gasteiger partial charge >= 0.3 is 0 Å². The van der Waals surface area contributed by atoms with Crippen molar-refractivity contribution in [3.8, 4) is 5.75 Å². The maximum atomic E-state index is 12.3. The molecule has 3 aromatic rings. The number of ether oxygens (including phenoxy) is 1. The van der Waals surface area contributed by atoms with E-state index in [-0.39, 0.29) is 5.91 Å². The number of methoxy groups -OCH3 is 1. The maximum Gasteiger partial charge on any atom is 0.255 e. The van der Waals surface area contributed by atoms with Gasteiger partial charge in [-0.2, -0.15) is 0 Å². The molecule has 1 heterocycles. The number of aromatic amines is 1. The van der Waals surface area contributed by atoms with Crippen LogP contribution in [0.3, 0.4) is 0 Å². The van der Waals surface area contributed by atoms with Crippen LogP contribution in [0.2, 0.25) is 5.02 Å². The average molecular weight is 301 g/mol. The number of aromatic nitrogens is 1. The molecule has 1 amide bonds. The first-order valence-corrected chi connectivity index (χ1v) is 6.77. The predicted molar refractivity (Wildman–Crippen MR) is 84.3 cm³/mol. The minimum Gasteiger partial charge on any atom is -0.495 e. The first kappa shape index (κ1) is 13.5. The molecule has 1 aromatic heterocycles. The zero-order chi connectivity index (χ0) is 14.8. The molecule has 0 aliphatic rings. The number of amides is 1. The van der Waals surface area contributed by atoms with Gasteiger partial charge in [0.1, 0.15) is 5.75 Å². The van der Waals surface area contributed by atoms with Crippen LogP contribution in [0.5, 0.6) is 5.75 Å². The van der Waals surface area contributed by atoms with Crippen molar-refractivity contribution in [3.05, 3.63) is 59.2 Å². The third-order valence-corrected chi connectivity index (χ3v) is 3.54. The summed E-state index contributed by atoms with van der Waals surface area (Å²) in [5.41, 5.74) is 2.14. The molecule has 0 spiro atoms. The van der Waals surface area contributed by atoms with Crippen LogP contribution in [-0.4, -0.2) is 18.0 Å². The molecule has 21 heavy (non-hydrogen) atoms. The third kappa shape index (κ3) is 2.71. The number of hydrogen-bond donors (Lipinski definition) is 2. The first-order valence-electron chi connectivity index (χ1n) is 6.39. The van der Waals surface area contributed by atoms with Gasteiger partial charge in [0, 0.05) is 29.0 Å². The topological polar surface area (TPSA) is 54.1 Å². The van der Waals surface area contributed by atoms with Crippen molar-refractivity contribution < 1.29 is 9.53 Å². The summed E-state index contributed by atoms with van der Waals surface area (Å²) >= 11 is 5.96. The second kappa shape index (κ2) is 5.50. The fourth-order valence-electron chi connectivity index (χ4n) is 2.13. The number of carbonyl (C=O) groups excluding carboxylic acids is 1. The summed E-state index contributed by atoms with van der Waals surface area (Å²) < 4.78 is 5.13. The van der Waals surface area contributed by atoms with Gasteiger partial charge in [-0.1, -0.05) is 17.7 Å². The highest BCUT2D eigenvalue weighted by molar-refractivity contribution is 6.32. The Hall–Kier alpha value is -2.46. The normalized spacial score (nSPS) is 10.6. The number of hydrogen-bond acceptors (Lipinski definition) is 2. The van der Waals surface area contributed by atoms with Crippen LogP contribution in [0.1, 0.15) is 10.4 Å². The first-order chi connectivity index (χ1) is 10.2. The van der Waals surface area contributed by atoms with Crippen LogP contribution in [0.15, 0.2) is 48.7 Å². The predicted octanol–water partition coefficient (Wildman–Crippen LogP) is 4.08. The van der Waals surface area contributed by atoms with Gasteiger partial charge in [-0.25, -0.2) is 0 Å². The average Bonchev–Trinajstić information content (AvgIpc) is 2.96. The lowest BCUT2D eigenvalue weighted by atomic mass is 10.1. The highest BCUT2D eigenvalue weighted by atomic mass is 35.5. The summed E-state index contributed by atoms with van der Waals surface area (Å²) in [6.45, 7) is 0. The second-order valence-electron chi connectivity index (χ2n) is 4.58. The van der Waals surface area contributed by atoms with Crippen LogP contribution < -0.4 is 10.1 Å². The molecule has 0 saturated heterocycles. The molecular formula is C16H13ClN2O2. The summed E-state index contributed by atoms with van der Waals surface area (Å²) in [7, 11) is 1.53. The summed E-state index contributed by atoms with van der Waals surface area (Å²) in [4.78, 5) is 15.4. The molecule has 0 unspecified atom stereocenters.